The molecule has 0 spiro atoms. The second kappa shape index (κ2) is 25.3. The van der Waals surface area contributed by atoms with Gasteiger partial charge in [0.1, 0.15) is 18.7 Å². The number of hydrogen-bond acceptors (Lipinski definition) is 12. The van der Waals surface area contributed by atoms with Crippen molar-refractivity contribution in [3.05, 3.63) is 101 Å². The van der Waals surface area contributed by atoms with Gasteiger partial charge in [-0.05, 0) is 78.3 Å². The molecule has 3 unspecified atom stereocenters. The van der Waals surface area contributed by atoms with Gasteiger partial charge in [-0.3, -0.25) is 28.4 Å². The Bertz CT molecular complexity index is 2840. The number of likely N-dealkylation sites (tertiary alicyclic amines) is 1. The number of thiazole rings is 1. The van der Waals surface area contributed by atoms with Crippen molar-refractivity contribution in [3.63, 3.8) is 0 Å². The van der Waals surface area contributed by atoms with Crippen LogP contribution in [0.5, 0.6) is 0 Å². The molecule has 398 valence electrons. The average Bonchev–Trinajstić information content (AvgIpc) is 4.15. The molecule has 74 heavy (non-hydrogen) atoms. The Morgan fingerprint density at radius 3 is 2.05 bits per heavy atom. The first kappa shape index (κ1) is 55.5. The predicted molar refractivity (Wildman–Crippen MR) is 274 cm³/mol. The number of nitrogens with zero attached hydrogens (tertiary/aromatic N) is 5. The molecule has 1 aliphatic heterocycles. The van der Waals surface area contributed by atoms with Gasteiger partial charge in [-0.25, -0.2) is 4.98 Å². The molecule has 7 rings (SSSR count). The maximum atomic E-state index is 14.0. The van der Waals surface area contributed by atoms with E-state index in [1.807, 2.05) is 70.6 Å². The number of carbonyl (C=O) groups excluding carboxylic acids is 4. The summed E-state index contributed by atoms with van der Waals surface area (Å²) in [6.07, 6.45) is -2.12. The SMILES string of the molecule is Cc1ncsc1-c1ccc(CNC(=O)C2CC(C)CN2C(=O)C(NC(=O)COCCOCCOCCOCCOCCNC(=O)c2ccc3c(c2)c2cn(C)nc2n3-c2ccc(C(F)(F)F)cc2)C(C)(C)C)cc1. The molecule has 17 nitrogen and oxygen atoms in total. The number of benzene rings is 3. The van der Waals surface area contributed by atoms with Gasteiger partial charge < -0.3 is 44.5 Å². The van der Waals surface area contributed by atoms with Gasteiger partial charge in [-0.2, -0.15) is 18.3 Å². The molecule has 1 aliphatic rings. The first-order valence-electron chi connectivity index (χ1n) is 24.6. The van der Waals surface area contributed by atoms with Crippen molar-refractivity contribution in [2.75, 3.05) is 79.2 Å². The lowest BCUT2D eigenvalue weighted by Crippen LogP contribution is -2.58. The van der Waals surface area contributed by atoms with Crippen LogP contribution in [-0.2, 0) is 57.8 Å². The second-order valence-electron chi connectivity index (χ2n) is 19.3. The maximum absolute atomic E-state index is 14.0. The number of carbonyl (C=O) groups is 4. The number of alkyl halides is 3. The lowest BCUT2D eigenvalue weighted by Gasteiger charge is -2.35. The Balaban J connectivity index is 0.712. The number of ether oxygens (including phenoxy) is 5. The molecular weight excluding hydrogens is 982 g/mol. The van der Waals surface area contributed by atoms with Crippen LogP contribution in [-0.4, -0.2) is 139 Å². The van der Waals surface area contributed by atoms with Crippen molar-refractivity contribution >= 4 is 56.9 Å². The highest BCUT2D eigenvalue weighted by Gasteiger charge is 2.44. The van der Waals surface area contributed by atoms with Gasteiger partial charge in [0.2, 0.25) is 17.7 Å². The fourth-order valence-electron chi connectivity index (χ4n) is 8.69. The second-order valence-corrected chi connectivity index (χ2v) is 20.2. The largest absolute Gasteiger partial charge is 0.416 e. The smallest absolute Gasteiger partial charge is 0.377 e. The number of aryl methyl sites for hydroxylation is 2. The van der Waals surface area contributed by atoms with Gasteiger partial charge in [-0.1, -0.05) is 52.0 Å². The molecule has 1 saturated heterocycles. The molecule has 3 aromatic carbocycles. The summed E-state index contributed by atoms with van der Waals surface area (Å²) >= 11 is 1.58. The molecule has 0 radical (unpaired) electrons. The Kier molecular flexibility index (Phi) is 19.0. The van der Waals surface area contributed by atoms with Crippen LogP contribution in [0.1, 0.15) is 61.3 Å². The first-order chi connectivity index (χ1) is 35.4. The highest BCUT2D eigenvalue weighted by molar-refractivity contribution is 7.13. The molecule has 6 aromatic rings. The van der Waals surface area contributed by atoms with Gasteiger partial charge in [0.25, 0.3) is 5.91 Å². The van der Waals surface area contributed by atoms with Gasteiger partial charge in [0.05, 0.1) is 86.6 Å². The van der Waals surface area contributed by atoms with Gasteiger partial charge in [-0.15, -0.1) is 11.3 Å². The van der Waals surface area contributed by atoms with Crippen LogP contribution in [0.2, 0.25) is 0 Å². The predicted octanol–water partition coefficient (Wildman–Crippen LogP) is 6.87. The zero-order chi connectivity index (χ0) is 53.0. The van der Waals surface area contributed by atoms with E-state index < -0.39 is 35.1 Å². The minimum Gasteiger partial charge on any atom is -0.377 e. The van der Waals surface area contributed by atoms with Crippen LogP contribution in [0.3, 0.4) is 0 Å². The minimum atomic E-state index is -4.45. The minimum absolute atomic E-state index is 0.111. The van der Waals surface area contributed by atoms with Crippen LogP contribution in [0, 0.1) is 18.3 Å². The summed E-state index contributed by atoms with van der Waals surface area (Å²) in [4.78, 5) is 60.6. The van der Waals surface area contributed by atoms with E-state index in [0.717, 1.165) is 44.6 Å². The maximum Gasteiger partial charge on any atom is 0.416 e. The Morgan fingerprint density at radius 2 is 1.45 bits per heavy atom. The van der Waals surface area contributed by atoms with E-state index in [1.165, 1.54) is 12.1 Å². The average molecular weight is 1050 g/mol. The van der Waals surface area contributed by atoms with Crippen molar-refractivity contribution in [2.24, 2.45) is 18.4 Å². The molecule has 3 atom stereocenters. The monoisotopic (exact) mass is 1050 g/mol. The van der Waals surface area contributed by atoms with Crippen molar-refractivity contribution in [2.45, 2.75) is 65.8 Å². The van der Waals surface area contributed by atoms with E-state index in [4.69, 9.17) is 23.7 Å². The quantitative estimate of drug-likeness (QED) is 0.0508. The van der Waals surface area contributed by atoms with E-state index >= 15 is 0 Å². The van der Waals surface area contributed by atoms with E-state index in [2.05, 4.69) is 26.0 Å². The highest BCUT2D eigenvalue weighted by Crippen LogP contribution is 2.35. The molecule has 1 fully saturated rings. The number of hydrogen-bond donors (Lipinski definition) is 3. The fraction of sp³-hybridized carbons (Fsp3) is 0.472. The van der Waals surface area contributed by atoms with E-state index in [1.54, 1.807) is 50.7 Å². The molecule has 3 N–H and O–H groups in total. The van der Waals surface area contributed by atoms with Crippen LogP contribution >= 0.6 is 11.3 Å². The number of nitrogens with one attached hydrogen (secondary N) is 3. The van der Waals surface area contributed by atoms with E-state index in [0.29, 0.717) is 81.6 Å². The molecule has 0 saturated carbocycles. The molecule has 3 aromatic heterocycles. The summed E-state index contributed by atoms with van der Waals surface area (Å²) in [6, 6.07) is 16.5. The molecule has 0 bridgehead atoms. The molecule has 0 aliphatic carbocycles. The van der Waals surface area contributed by atoms with E-state index in [9.17, 15) is 32.3 Å². The zero-order valence-electron chi connectivity index (χ0n) is 42.6. The van der Waals surface area contributed by atoms with Crippen molar-refractivity contribution in [1.82, 2.24) is 40.2 Å². The zero-order valence-corrected chi connectivity index (χ0v) is 43.4. The third kappa shape index (κ3) is 14.5. The fourth-order valence-corrected chi connectivity index (χ4v) is 9.50. The van der Waals surface area contributed by atoms with Gasteiger partial charge in [0, 0.05) is 54.9 Å². The van der Waals surface area contributed by atoms with E-state index in [-0.39, 0.29) is 56.6 Å². The third-order valence-corrected chi connectivity index (χ3v) is 13.4. The Hall–Kier alpha value is -6.23. The molecule has 4 amide bonds. The van der Waals surface area contributed by atoms with Crippen LogP contribution in [0.4, 0.5) is 13.2 Å². The number of rotatable bonds is 25. The summed E-state index contributed by atoms with van der Waals surface area (Å²) in [7, 11) is 1.75. The highest BCUT2D eigenvalue weighted by atomic mass is 32.1. The summed E-state index contributed by atoms with van der Waals surface area (Å²) < 4.78 is 70.8. The summed E-state index contributed by atoms with van der Waals surface area (Å²) in [5.41, 5.74) is 5.62. The van der Waals surface area contributed by atoms with Crippen molar-refractivity contribution in [3.8, 4) is 16.1 Å². The summed E-state index contributed by atoms with van der Waals surface area (Å²) in [5.74, 6) is -1.17. The van der Waals surface area contributed by atoms with Crippen LogP contribution in [0.15, 0.2) is 78.4 Å². The van der Waals surface area contributed by atoms with Crippen molar-refractivity contribution < 1.29 is 56.0 Å². The van der Waals surface area contributed by atoms with Gasteiger partial charge in [0.15, 0.2) is 5.65 Å². The summed E-state index contributed by atoms with van der Waals surface area (Å²) in [6.45, 7) is 13.0. The molecular formula is C53H65F3N8O9S. The number of fused-ring (bicyclic) bond motifs is 3. The lowest BCUT2D eigenvalue weighted by molar-refractivity contribution is -0.144. The summed E-state index contributed by atoms with van der Waals surface area (Å²) in [5, 5.41) is 14.7. The van der Waals surface area contributed by atoms with Crippen LogP contribution < -0.4 is 16.0 Å². The number of halogens is 3. The topological polar surface area (TPSA) is 189 Å². The van der Waals surface area contributed by atoms with Crippen molar-refractivity contribution in [1.29, 1.82) is 0 Å². The van der Waals surface area contributed by atoms with Gasteiger partial charge >= 0.3 is 6.18 Å². The standard InChI is InChI=1S/C53H65F3N8O9S/c1-34-27-44(50(67)58-29-36-7-9-37(10-8-36)46-35(2)59-33-74-46)63(30-34)51(68)47(52(3,4)5)60-45(65)32-73-26-25-72-24-23-71-22-21-70-20-19-69-18-17-57-49(66)38-11-16-43-41(28-38)42-31-62(6)61-48(42)64(43)40-14-12-39(13-15-40)53(54,55)56/h7-16,28,31,33-34,44,47H,17-27,29-30,32H2,1-6H3,(H,57,66)(H,58,67)(H,60,65). The normalized spacial score (nSPS) is 15.5. The number of aromatic nitrogens is 4. The lowest BCUT2D eigenvalue weighted by atomic mass is 9.85. The third-order valence-electron chi connectivity index (χ3n) is 12.5. The number of amides is 4. The van der Waals surface area contributed by atoms with Crippen LogP contribution in [0.25, 0.3) is 38.1 Å². The Labute approximate surface area is 432 Å². The molecule has 21 heteroatoms. The molecule has 4 heterocycles. The Morgan fingerprint density at radius 1 is 0.811 bits per heavy atom. The first-order valence-corrected chi connectivity index (χ1v) is 25.5.